The van der Waals surface area contributed by atoms with Crippen LogP contribution in [0.15, 0.2) is 12.2 Å². The Hall–Kier alpha value is -0.300. The Morgan fingerprint density at radius 1 is 0.647 bits per heavy atom. The van der Waals surface area contributed by atoms with E-state index in [1.165, 1.54) is 77.0 Å². The number of hydrogen-bond acceptors (Lipinski definition) is 1. The summed E-state index contributed by atoms with van der Waals surface area (Å²) < 4.78 is 0. The highest BCUT2D eigenvalue weighted by Crippen LogP contribution is 2.09. The minimum atomic E-state index is 0.849. The van der Waals surface area contributed by atoms with Crippen molar-refractivity contribution in [3.05, 3.63) is 12.2 Å². The average Bonchev–Trinajstić information content (AvgIpc) is 2.35. The van der Waals surface area contributed by atoms with Gasteiger partial charge in [0.05, 0.1) is 0 Å². The Morgan fingerprint density at radius 2 is 1.12 bits per heavy atom. The van der Waals surface area contributed by atoms with E-state index in [4.69, 9.17) is 5.73 Å². The van der Waals surface area contributed by atoms with Gasteiger partial charge in [-0.1, -0.05) is 64.0 Å². The maximum atomic E-state index is 5.45. The third-order valence-corrected chi connectivity index (χ3v) is 3.22. The minimum Gasteiger partial charge on any atom is -0.330 e. The lowest BCUT2D eigenvalue weighted by molar-refractivity contribution is 0.592. The summed E-state index contributed by atoms with van der Waals surface area (Å²) in [5, 5.41) is 0. The first-order valence-electron chi connectivity index (χ1n) is 7.77. The van der Waals surface area contributed by atoms with Crippen molar-refractivity contribution < 1.29 is 0 Å². The van der Waals surface area contributed by atoms with Gasteiger partial charge in [-0.15, -0.1) is 0 Å². The molecule has 0 aromatic heterocycles. The Labute approximate surface area is 109 Å². The van der Waals surface area contributed by atoms with Crippen LogP contribution < -0.4 is 5.73 Å². The van der Waals surface area contributed by atoms with Gasteiger partial charge < -0.3 is 5.73 Å². The maximum Gasteiger partial charge on any atom is -0.00773 e. The fraction of sp³-hybridized carbons (Fsp3) is 0.875. The molecular formula is C16H33N. The Morgan fingerprint density at radius 3 is 1.65 bits per heavy atom. The largest absolute Gasteiger partial charge is 0.330 e. The van der Waals surface area contributed by atoms with Gasteiger partial charge in [0.15, 0.2) is 0 Å². The highest BCUT2D eigenvalue weighted by Gasteiger charge is 1.89. The molecule has 0 amide bonds. The van der Waals surface area contributed by atoms with Crippen LogP contribution in [0.25, 0.3) is 0 Å². The first kappa shape index (κ1) is 16.7. The number of allylic oxidation sites excluding steroid dienone is 2. The van der Waals surface area contributed by atoms with Crippen LogP contribution in [0.5, 0.6) is 0 Å². The van der Waals surface area contributed by atoms with Gasteiger partial charge in [-0.05, 0) is 38.6 Å². The molecule has 0 atom stereocenters. The van der Waals surface area contributed by atoms with Crippen molar-refractivity contribution in [1.29, 1.82) is 0 Å². The number of rotatable bonds is 13. The van der Waals surface area contributed by atoms with Gasteiger partial charge in [0, 0.05) is 0 Å². The molecule has 0 aliphatic carbocycles. The lowest BCUT2D eigenvalue weighted by Crippen LogP contribution is -1.97. The molecule has 0 bridgehead atoms. The zero-order valence-corrected chi connectivity index (χ0v) is 11.9. The Balaban J connectivity index is 2.99. The Bertz CT molecular complexity index is 152. The topological polar surface area (TPSA) is 26.0 Å². The molecule has 0 fully saturated rings. The third kappa shape index (κ3) is 15.7. The first-order valence-corrected chi connectivity index (χ1v) is 7.77. The molecule has 0 aliphatic rings. The highest BCUT2D eigenvalue weighted by molar-refractivity contribution is 4.81. The molecule has 1 nitrogen and oxygen atoms in total. The second-order valence-corrected chi connectivity index (χ2v) is 5.02. The standard InChI is InChI=1S/C16H33N/c1-2-3-4-5-6-7-8-9-10-11-12-13-14-15-16-17/h10-11H,2-9,12-17H2,1H3/b11-10-. The molecule has 0 rings (SSSR count). The average molecular weight is 239 g/mol. The van der Waals surface area contributed by atoms with Crippen molar-refractivity contribution in [2.24, 2.45) is 5.73 Å². The van der Waals surface area contributed by atoms with Crippen molar-refractivity contribution in [2.75, 3.05) is 6.54 Å². The van der Waals surface area contributed by atoms with Crippen LogP contribution >= 0.6 is 0 Å². The fourth-order valence-electron chi connectivity index (χ4n) is 2.04. The predicted molar refractivity (Wildman–Crippen MR) is 79.3 cm³/mol. The van der Waals surface area contributed by atoms with Gasteiger partial charge in [-0.3, -0.25) is 0 Å². The molecule has 1 heteroatoms. The predicted octanol–water partition coefficient (Wildman–Crippen LogP) is 5.20. The van der Waals surface area contributed by atoms with Gasteiger partial charge >= 0.3 is 0 Å². The van der Waals surface area contributed by atoms with Gasteiger partial charge in [-0.25, -0.2) is 0 Å². The van der Waals surface area contributed by atoms with Gasteiger partial charge in [-0.2, -0.15) is 0 Å². The molecule has 0 spiro atoms. The number of unbranched alkanes of at least 4 members (excludes halogenated alkanes) is 10. The van der Waals surface area contributed by atoms with E-state index in [1.54, 1.807) is 0 Å². The zero-order valence-electron chi connectivity index (χ0n) is 11.9. The molecule has 17 heavy (non-hydrogen) atoms. The van der Waals surface area contributed by atoms with Crippen molar-refractivity contribution >= 4 is 0 Å². The Kier molecular flexibility index (Phi) is 15.4. The van der Waals surface area contributed by atoms with Crippen molar-refractivity contribution in [3.63, 3.8) is 0 Å². The van der Waals surface area contributed by atoms with E-state index in [0.717, 1.165) is 6.54 Å². The van der Waals surface area contributed by atoms with Crippen LogP contribution in [0.1, 0.15) is 84.0 Å². The zero-order chi connectivity index (χ0) is 12.6. The molecule has 0 saturated heterocycles. The smallest absolute Gasteiger partial charge is 0.00773 e. The van der Waals surface area contributed by atoms with Crippen LogP contribution in [-0.4, -0.2) is 6.54 Å². The van der Waals surface area contributed by atoms with Crippen LogP contribution in [0.4, 0.5) is 0 Å². The van der Waals surface area contributed by atoms with Crippen molar-refractivity contribution in [2.45, 2.75) is 84.0 Å². The van der Waals surface area contributed by atoms with Gasteiger partial charge in [0.1, 0.15) is 0 Å². The molecule has 0 unspecified atom stereocenters. The van der Waals surface area contributed by atoms with E-state index < -0.39 is 0 Å². The molecule has 0 aromatic rings. The van der Waals surface area contributed by atoms with E-state index in [-0.39, 0.29) is 0 Å². The van der Waals surface area contributed by atoms with E-state index in [9.17, 15) is 0 Å². The van der Waals surface area contributed by atoms with E-state index in [2.05, 4.69) is 19.1 Å². The molecule has 0 heterocycles. The SMILES string of the molecule is CCCCCCCCC/C=C\CCCCCN. The maximum absolute atomic E-state index is 5.45. The molecule has 2 N–H and O–H groups in total. The van der Waals surface area contributed by atoms with Crippen LogP contribution in [0.3, 0.4) is 0 Å². The molecule has 0 aliphatic heterocycles. The molecule has 0 aromatic carbocycles. The second kappa shape index (κ2) is 15.7. The summed E-state index contributed by atoms with van der Waals surface area (Å²) in [5.74, 6) is 0. The number of hydrogen-bond donors (Lipinski definition) is 1. The summed E-state index contributed by atoms with van der Waals surface area (Å²) in [6, 6.07) is 0. The fourth-order valence-corrected chi connectivity index (χ4v) is 2.04. The highest BCUT2D eigenvalue weighted by atomic mass is 14.5. The number of nitrogens with two attached hydrogens (primary N) is 1. The summed E-state index contributed by atoms with van der Waals surface area (Å²) in [5.41, 5.74) is 5.45. The summed E-state index contributed by atoms with van der Waals surface area (Å²) in [6.45, 7) is 3.13. The van der Waals surface area contributed by atoms with E-state index in [1.807, 2.05) is 0 Å². The minimum absolute atomic E-state index is 0.849. The van der Waals surface area contributed by atoms with Crippen molar-refractivity contribution in [3.8, 4) is 0 Å². The van der Waals surface area contributed by atoms with Gasteiger partial charge in [0.2, 0.25) is 0 Å². The summed E-state index contributed by atoms with van der Waals surface area (Å²) in [6.07, 6.45) is 20.9. The first-order chi connectivity index (χ1) is 8.41. The normalized spacial score (nSPS) is 11.4. The van der Waals surface area contributed by atoms with E-state index >= 15 is 0 Å². The lowest BCUT2D eigenvalue weighted by Gasteiger charge is -1.99. The van der Waals surface area contributed by atoms with Crippen LogP contribution in [0.2, 0.25) is 0 Å². The van der Waals surface area contributed by atoms with Crippen molar-refractivity contribution in [1.82, 2.24) is 0 Å². The van der Waals surface area contributed by atoms with E-state index in [0.29, 0.717) is 0 Å². The van der Waals surface area contributed by atoms with Gasteiger partial charge in [0.25, 0.3) is 0 Å². The third-order valence-electron chi connectivity index (χ3n) is 3.22. The molecule has 0 radical (unpaired) electrons. The summed E-state index contributed by atoms with van der Waals surface area (Å²) in [4.78, 5) is 0. The lowest BCUT2D eigenvalue weighted by atomic mass is 10.1. The monoisotopic (exact) mass is 239 g/mol. The van der Waals surface area contributed by atoms with Crippen LogP contribution in [0, 0.1) is 0 Å². The quantitative estimate of drug-likeness (QED) is 0.347. The molecular weight excluding hydrogens is 206 g/mol. The molecule has 102 valence electrons. The van der Waals surface area contributed by atoms with Crippen LogP contribution in [-0.2, 0) is 0 Å². The second-order valence-electron chi connectivity index (χ2n) is 5.02. The summed E-state index contributed by atoms with van der Waals surface area (Å²) >= 11 is 0. The molecule has 0 saturated carbocycles. The summed E-state index contributed by atoms with van der Waals surface area (Å²) in [7, 11) is 0.